The van der Waals surface area contributed by atoms with Crippen LogP contribution in [-0.4, -0.2) is 4.57 Å². The van der Waals surface area contributed by atoms with Gasteiger partial charge in [-0.2, -0.15) is 0 Å². The highest BCUT2D eigenvalue weighted by molar-refractivity contribution is 6.09. The lowest BCUT2D eigenvalue weighted by Gasteiger charge is -2.29. The van der Waals surface area contributed by atoms with Gasteiger partial charge in [-0.3, -0.25) is 0 Å². The van der Waals surface area contributed by atoms with E-state index in [4.69, 9.17) is 0 Å². The summed E-state index contributed by atoms with van der Waals surface area (Å²) in [5.74, 6) is 0. The first-order valence-corrected chi connectivity index (χ1v) is 21.3. The first-order chi connectivity index (χ1) is 30.0. The molecule has 10 aromatic carbocycles. The number of hydrogen-bond donors (Lipinski definition) is 0. The fourth-order valence-electron chi connectivity index (χ4n) is 10.2. The fraction of sp³-hybridized carbons (Fsp3) is 0.0508. The minimum Gasteiger partial charge on any atom is -0.310 e. The molecule has 2 nitrogen and oxygen atoms in total. The van der Waals surface area contributed by atoms with Crippen LogP contribution in [0.5, 0.6) is 0 Å². The third kappa shape index (κ3) is 5.56. The van der Waals surface area contributed by atoms with Crippen LogP contribution < -0.4 is 4.90 Å². The van der Waals surface area contributed by atoms with E-state index in [0.717, 1.165) is 17.1 Å². The van der Waals surface area contributed by atoms with E-state index in [9.17, 15) is 0 Å². The zero-order valence-corrected chi connectivity index (χ0v) is 34.2. The first-order valence-electron chi connectivity index (χ1n) is 21.3. The van der Waals surface area contributed by atoms with Crippen molar-refractivity contribution in [2.75, 3.05) is 4.90 Å². The molecule has 0 spiro atoms. The Bertz CT molecular complexity index is 3340. The molecule has 1 aromatic heterocycles. The van der Waals surface area contributed by atoms with Gasteiger partial charge in [0.25, 0.3) is 0 Å². The minimum atomic E-state index is -0.239. The molecular weight excluding hydrogens is 737 g/mol. The molecule has 0 N–H and O–H groups in total. The maximum Gasteiger partial charge on any atom is 0.0541 e. The quantitative estimate of drug-likeness (QED) is 0.163. The predicted molar refractivity (Wildman–Crippen MR) is 259 cm³/mol. The van der Waals surface area contributed by atoms with Gasteiger partial charge in [0.05, 0.1) is 11.0 Å². The molecular formula is C59H42N2. The second-order valence-electron chi connectivity index (χ2n) is 16.9. The summed E-state index contributed by atoms with van der Waals surface area (Å²) in [5.41, 5.74) is 16.9. The van der Waals surface area contributed by atoms with Crippen molar-refractivity contribution in [3.8, 4) is 39.1 Å². The average Bonchev–Trinajstić information content (AvgIpc) is 3.76. The maximum atomic E-state index is 2.45. The Hall–Kier alpha value is -7.68. The van der Waals surface area contributed by atoms with E-state index in [2.05, 4.69) is 242 Å². The summed E-state index contributed by atoms with van der Waals surface area (Å²) in [6.07, 6.45) is 0. The summed E-state index contributed by atoms with van der Waals surface area (Å²) < 4.78 is 2.43. The summed E-state index contributed by atoms with van der Waals surface area (Å²) in [7, 11) is 0. The molecule has 0 amide bonds. The van der Waals surface area contributed by atoms with Gasteiger partial charge in [0.15, 0.2) is 0 Å². The van der Waals surface area contributed by atoms with E-state index in [1.54, 1.807) is 0 Å². The predicted octanol–water partition coefficient (Wildman–Crippen LogP) is 16.2. The number of anilines is 3. The molecule has 0 saturated carbocycles. The lowest BCUT2D eigenvalue weighted by Crippen LogP contribution is -2.17. The van der Waals surface area contributed by atoms with Crippen molar-refractivity contribution in [1.29, 1.82) is 0 Å². The first kappa shape index (κ1) is 35.3. The molecule has 288 valence electrons. The Balaban J connectivity index is 1.02. The van der Waals surface area contributed by atoms with Gasteiger partial charge in [0.2, 0.25) is 0 Å². The third-order valence-electron chi connectivity index (χ3n) is 13.1. The number of rotatable bonds is 6. The van der Waals surface area contributed by atoms with Crippen LogP contribution in [0, 0.1) is 0 Å². The minimum absolute atomic E-state index is 0.239. The molecule has 11 aromatic rings. The van der Waals surface area contributed by atoms with Gasteiger partial charge in [-0.15, -0.1) is 0 Å². The van der Waals surface area contributed by atoms with Crippen molar-refractivity contribution in [3.63, 3.8) is 0 Å². The van der Waals surface area contributed by atoms with Crippen molar-refractivity contribution < 1.29 is 0 Å². The van der Waals surface area contributed by atoms with Crippen LogP contribution in [0.15, 0.2) is 218 Å². The van der Waals surface area contributed by atoms with Crippen LogP contribution >= 0.6 is 0 Å². The van der Waals surface area contributed by atoms with E-state index in [1.807, 2.05) is 0 Å². The number of para-hydroxylation sites is 2. The molecule has 0 aliphatic heterocycles. The zero-order chi connectivity index (χ0) is 40.7. The Morgan fingerprint density at radius 1 is 0.344 bits per heavy atom. The van der Waals surface area contributed by atoms with E-state index >= 15 is 0 Å². The monoisotopic (exact) mass is 778 g/mol. The molecule has 1 aliphatic carbocycles. The van der Waals surface area contributed by atoms with Crippen molar-refractivity contribution in [1.82, 2.24) is 4.57 Å². The van der Waals surface area contributed by atoms with Gasteiger partial charge < -0.3 is 9.47 Å². The van der Waals surface area contributed by atoms with Crippen molar-refractivity contribution in [2.45, 2.75) is 19.3 Å². The lowest BCUT2D eigenvalue weighted by molar-refractivity contribution is 0.660. The highest BCUT2D eigenvalue weighted by atomic mass is 15.1. The normalized spacial score (nSPS) is 12.9. The fourth-order valence-corrected chi connectivity index (χ4v) is 10.2. The van der Waals surface area contributed by atoms with Crippen LogP contribution in [0.1, 0.15) is 25.0 Å². The third-order valence-corrected chi connectivity index (χ3v) is 13.1. The smallest absolute Gasteiger partial charge is 0.0541 e. The van der Waals surface area contributed by atoms with Gasteiger partial charge in [0.1, 0.15) is 0 Å². The number of fused-ring (bicyclic) bond motifs is 8. The molecule has 0 saturated heterocycles. The van der Waals surface area contributed by atoms with Gasteiger partial charge in [-0.1, -0.05) is 172 Å². The van der Waals surface area contributed by atoms with E-state index < -0.39 is 0 Å². The molecule has 0 radical (unpaired) electrons. The largest absolute Gasteiger partial charge is 0.310 e. The number of benzene rings is 10. The highest BCUT2D eigenvalue weighted by Gasteiger charge is 2.36. The van der Waals surface area contributed by atoms with Gasteiger partial charge >= 0.3 is 0 Å². The average molecular weight is 779 g/mol. The summed E-state index contributed by atoms with van der Waals surface area (Å²) in [4.78, 5) is 2.45. The molecule has 1 aliphatic rings. The van der Waals surface area contributed by atoms with Gasteiger partial charge in [0, 0.05) is 38.9 Å². The van der Waals surface area contributed by atoms with Gasteiger partial charge in [-0.25, -0.2) is 0 Å². The van der Waals surface area contributed by atoms with Crippen molar-refractivity contribution in [3.05, 3.63) is 230 Å². The van der Waals surface area contributed by atoms with E-state index in [0.29, 0.717) is 0 Å². The van der Waals surface area contributed by atoms with Crippen LogP contribution in [0.2, 0.25) is 0 Å². The lowest BCUT2D eigenvalue weighted by atomic mass is 9.82. The molecule has 61 heavy (non-hydrogen) atoms. The highest BCUT2D eigenvalue weighted by Crippen LogP contribution is 2.52. The Morgan fingerprint density at radius 2 is 0.787 bits per heavy atom. The number of hydrogen-bond acceptors (Lipinski definition) is 1. The second-order valence-corrected chi connectivity index (χ2v) is 16.9. The number of nitrogens with zero attached hydrogens (tertiary/aromatic N) is 2. The van der Waals surface area contributed by atoms with Crippen molar-refractivity contribution >= 4 is 60.4 Å². The summed E-state index contributed by atoms with van der Waals surface area (Å²) in [6.45, 7) is 4.79. The maximum absolute atomic E-state index is 2.45. The molecule has 12 rings (SSSR count). The van der Waals surface area contributed by atoms with E-state index in [1.165, 1.54) is 93.5 Å². The standard InChI is InChI=1S/C59H42N2/c1-59(2)55-37-45(31-33-51(55)52-34-32-46(38-56(52)59)61-57-29-9-7-25-53(57)54-26-8-10-30-58(54)61)60(43-21-11-19-41(35-43)49-27-13-17-39-15-3-5-23-47(39)49)44-22-12-20-42(36-44)50-28-14-18-40-16-4-6-24-48(40)50/h3-38H,1-2H3. The SMILES string of the molecule is CC1(C)c2cc(N(c3cccc(-c4cccc5ccccc45)c3)c3cccc(-c4cccc5ccccc45)c3)ccc2-c2ccc(-n3c4ccccc4c4ccccc43)cc21. The molecule has 0 bridgehead atoms. The number of aromatic nitrogens is 1. The van der Waals surface area contributed by atoms with Crippen LogP contribution in [0.25, 0.3) is 82.4 Å². The summed E-state index contributed by atoms with van der Waals surface area (Å²) >= 11 is 0. The molecule has 0 atom stereocenters. The van der Waals surface area contributed by atoms with Gasteiger partial charge in [-0.05, 0) is 127 Å². The van der Waals surface area contributed by atoms with Crippen LogP contribution in [-0.2, 0) is 5.41 Å². The second kappa shape index (κ2) is 13.7. The Morgan fingerprint density at radius 3 is 1.36 bits per heavy atom. The zero-order valence-electron chi connectivity index (χ0n) is 34.2. The molecule has 0 unspecified atom stereocenters. The molecule has 2 heteroatoms. The van der Waals surface area contributed by atoms with Crippen molar-refractivity contribution in [2.24, 2.45) is 0 Å². The summed E-state index contributed by atoms with van der Waals surface area (Å²) in [5, 5.41) is 7.55. The molecule has 1 heterocycles. The topological polar surface area (TPSA) is 8.17 Å². The molecule has 0 fully saturated rings. The van der Waals surface area contributed by atoms with Crippen LogP contribution in [0.3, 0.4) is 0 Å². The Kier molecular flexibility index (Phi) is 7.92. The van der Waals surface area contributed by atoms with Crippen LogP contribution in [0.4, 0.5) is 17.1 Å². The van der Waals surface area contributed by atoms with E-state index in [-0.39, 0.29) is 5.41 Å². The summed E-state index contributed by atoms with van der Waals surface area (Å²) in [6, 6.07) is 80.5. The Labute approximate surface area is 356 Å².